The molecule has 1 fully saturated rings. The summed E-state index contributed by atoms with van der Waals surface area (Å²) < 4.78 is 27.1. The normalized spacial score (nSPS) is 16.8. The van der Waals surface area contributed by atoms with E-state index in [1.165, 1.54) is 10.7 Å². The van der Waals surface area contributed by atoms with Gasteiger partial charge in [-0.3, -0.25) is 4.31 Å². The second-order valence-electron chi connectivity index (χ2n) is 5.95. The van der Waals surface area contributed by atoms with Crippen molar-refractivity contribution in [3.63, 3.8) is 0 Å². The molecule has 2 rings (SSSR count). The molecule has 0 spiro atoms. The molecule has 4 nitrogen and oxygen atoms in total. The maximum atomic E-state index is 12.8. The van der Waals surface area contributed by atoms with Crippen molar-refractivity contribution in [1.82, 2.24) is 0 Å². The number of benzene rings is 1. The Morgan fingerprint density at radius 1 is 1.24 bits per heavy atom. The number of hydrogen-bond acceptors (Lipinski definition) is 3. The number of anilines is 2. The lowest BCUT2D eigenvalue weighted by Crippen LogP contribution is -2.36. The average Bonchev–Trinajstić information content (AvgIpc) is 2.45. The van der Waals surface area contributed by atoms with Gasteiger partial charge in [0.2, 0.25) is 10.0 Å². The minimum Gasteiger partial charge on any atom is -0.399 e. The van der Waals surface area contributed by atoms with Crippen LogP contribution in [0.3, 0.4) is 0 Å². The van der Waals surface area contributed by atoms with Crippen molar-refractivity contribution < 1.29 is 8.42 Å². The van der Waals surface area contributed by atoms with E-state index in [-0.39, 0.29) is 5.75 Å². The molecule has 0 unspecified atom stereocenters. The zero-order chi connectivity index (χ0) is 15.3. The molecule has 0 aromatic heterocycles. The van der Waals surface area contributed by atoms with E-state index in [1.54, 1.807) is 12.1 Å². The lowest BCUT2D eigenvalue weighted by Gasteiger charge is -2.28. The Hall–Kier alpha value is -1.23. The van der Waals surface area contributed by atoms with Crippen LogP contribution in [0.4, 0.5) is 11.4 Å². The molecule has 118 valence electrons. The van der Waals surface area contributed by atoms with Gasteiger partial charge < -0.3 is 5.73 Å². The minimum absolute atomic E-state index is 0.266. The second kappa shape index (κ2) is 7.16. The number of nitrogen functional groups attached to an aromatic ring is 1. The number of rotatable bonds is 6. The summed E-state index contributed by atoms with van der Waals surface area (Å²) in [6.45, 7) is 2.51. The van der Waals surface area contributed by atoms with Crippen LogP contribution in [-0.2, 0) is 10.0 Å². The van der Waals surface area contributed by atoms with E-state index in [1.807, 2.05) is 19.1 Å². The van der Waals surface area contributed by atoms with Gasteiger partial charge in [0.15, 0.2) is 0 Å². The maximum absolute atomic E-state index is 12.8. The molecular formula is C16H26N2O2S. The highest BCUT2D eigenvalue weighted by molar-refractivity contribution is 7.92. The highest BCUT2D eigenvalue weighted by atomic mass is 32.2. The van der Waals surface area contributed by atoms with E-state index in [2.05, 4.69) is 0 Å². The van der Waals surface area contributed by atoms with E-state index in [0.29, 0.717) is 23.8 Å². The summed E-state index contributed by atoms with van der Waals surface area (Å²) in [6, 6.07) is 7.16. The molecule has 0 bridgehead atoms. The van der Waals surface area contributed by atoms with E-state index < -0.39 is 10.0 Å². The first-order valence-corrected chi connectivity index (χ1v) is 9.50. The van der Waals surface area contributed by atoms with Crippen molar-refractivity contribution in [1.29, 1.82) is 0 Å². The lowest BCUT2D eigenvalue weighted by atomic mass is 9.91. The molecule has 0 heterocycles. The van der Waals surface area contributed by atoms with E-state index >= 15 is 0 Å². The highest BCUT2D eigenvalue weighted by Gasteiger charge is 2.27. The van der Waals surface area contributed by atoms with Crippen LogP contribution < -0.4 is 10.0 Å². The summed E-state index contributed by atoms with van der Waals surface area (Å²) in [4.78, 5) is 0. The van der Waals surface area contributed by atoms with E-state index in [0.717, 1.165) is 32.1 Å². The van der Waals surface area contributed by atoms with Gasteiger partial charge in [0.1, 0.15) is 0 Å². The summed E-state index contributed by atoms with van der Waals surface area (Å²) in [7, 11) is -3.28. The van der Waals surface area contributed by atoms with Gasteiger partial charge in [-0.1, -0.05) is 32.3 Å². The summed E-state index contributed by atoms with van der Waals surface area (Å²) in [5.74, 6) is 0.575. The molecule has 2 N–H and O–H groups in total. The third-order valence-corrected chi connectivity index (χ3v) is 6.05. The Morgan fingerprint density at radius 3 is 2.57 bits per heavy atom. The maximum Gasteiger partial charge on any atom is 0.235 e. The molecule has 1 aromatic rings. The molecule has 1 aliphatic rings. The van der Waals surface area contributed by atoms with Crippen molar-refractivity contribution in [2.75, 3.05) is 22.3 Å². The SMILES string of the molecule is CCCN(c1cccc(N)c1)S(=O)(=O)CC1CCCCC1. The molecule has 0 saturated heterocycles. The molecule has 21 heavy (non-hydrogen) atoms. The predicted octanol–water partition coefficient (Wildman–Crippen LogP) is 3.40. The van der Waals surface area contributed by atoms with Crippen molar-refractivity contribution in [2.45, 2.75) is 45.4 Å². The standard InChI is InChI=1S/C16H26N2O2S/c1-2-11-18(16-10-6-9-15(17)12-16)21(19,20)13-14-7-4-3-5-8-14/h6,9-10,12,14H,2-5,7-8,11,13,17H2,1H3. The van der Waals surface area contributed by atoms with Crippen LogP contribution >= 0.6 is 0 Å². The van der Waals surface area contributed by atoms with Crippen LogP contribution in [0.1, 0.15) is 45.4 Å². The van der Waals surface area contributed by atoms with Gasteiger partial charge in [-0.25, -0.2) is 8.42 Å². The predicted molar refractivity (Wildman–Crippen MR) is 88.9 cm³/mol. The fourth-order valence-corrected chi connectivity index (χ4v) is 5.06. The summed E-state index contributed by atoms with van der Waals surface area (Å²) >= 11 is 0. The number of nitrogens with two attached hydrogens (primary N) is 1. The van der Waals surface area contributed by atoms with Crippen molar-refractivity contribution in [2.24, 2.45) is 5.92 Å². The number of hydrogen-bond donors (Lipinski definition) is 1. The van der Waals surface area contributed by atoms with Gasteiger partial charge in [0.05, 0.1) is 11.4 Å². The first kappa shape index (κ1) is 16.1. The molecule has 1 aliphatic carbocycles. The molecule has 0 atom stereocenters. The smallest absolute Gasteiger partial charge is 0.235 e. The van der Waals surface area contributed by atoms with Crippen LogP contribution in [0.25, 0.3) is 0 Å². The van der Waals surface area contributed by atoms with Crippen molar-refractivity contribution in [3.05, 3.63) is 24.3 Å². The molecule has 0 amide bonds. The van der Waals surface area contributed by atoms with Gasteiger partial charge in [-0.15, -0.1) is 0 Å². The Labute approximate surface area is 128 Å². The Bertz CT molecular complexity index is 551. The first-order valence-electron chi connectivity index (χ1n) is 7.89. The van der Waals surface area contributed by atoms with Gasteiger partial charge in [-0.05, 0) is 43.4 Å². The number of sulfonamides is 1. The van der Waals surface area contributed by atoms with Gasteiger partial charge in [-0.2, -0.15) is 0 Å². The Kier molecular flexibility index (Phi) is 5.51. The topological polar surface area (TPSA) is 63.4 Å². The van der Waals surface area contributed by atoms with Crippen molar-refractivity contribution in [3.8, 4) is 0 Å². The molecule has 1 aromatic carbocycles. The fraction of sp³-hybridized carbons (Fsp3) is 0.625. The second-order valence-corrected chi connectivity index (χ2v) is 7.89. The van der Waals surface area contributed by atoms with Crippen molar-refractivity contribution >= 4 is 21.4 Å². The van der Waals surface area contributed by atoms with Crippen LogP contribution in [0.2, 0.25) is 0 Å². The molecule has 5 heteroatoms. The molecular weight excluding hydrogens is 284 g/mol. The van der Waals surface area contributed by atoms with Gasteiger partial charge >= 0.3 is 0 Å². The average molecular weight is 310 g/mol. The highest BCUT2D eigenvalue weighted by Crippen LogP contribution is 2.28. The quantitative estimate of drug-likeness (QED) is 0.819. The zero-order valence-electron chi connectivity index (χ0n) is 12.8. The summed E-state index contributed by atoms with van der Waals surface area (Å²) in [5.41, 5.74) is 7.08. The molecule has 0 radical (unpaired) electrons. The third-order valence-electron chi connectivity index (χ3n) is 4.09. The first-order chi connectivity index (χ1) is 10.0. The van der Waals surface area contributed by atoms with E-state index in [9.17, 15) is 8.42 Å². The van der Waals surface area contributed by atoms with E-state index in [4.69, 9.17) is 5.73 Å². The van der Waals surface area contributed by atoms with Gasteiger partial charge in [0, 0.05) is 12.2 Å². The lowest BCUT2D eigenvalue weighted by molar-refractivity contribution is 0.384. The van der Waals surface area contributed by atoms with Crippen LogP contribution in [0, 0.1) is 5.92 Å². The Morgan fingerprint density at radius 2 is 1.95 bits per heavy atom. The largest absolute Gasteiger partial charge is 0.399 e. The number of nitrogens with zero attached hydrogens (tertiary/aromatic N) is 1. The summed E-state index contributed by atoms with van der Waals surface area (Å²) in [6.07, 6.45) is 6.42. The zero-order valence-corrected chi connectivity index (χ0v) is 13.6. The minimum atomic E-state index is -3.28. The van der Waals surface area contributed by atoms with Gasteiger partial charge in [0.25, 0.3) is 0 Å². The Balaban J connectivity index is 2.19. The molecule has 1 saturated carbocycles. The third kappa shape index (κ3) is 4.37. The fourth-order valence-electron chi connectivity index (χ4n) is 3.05. The molecule has 0 aliphatic heterocycles. The summed E-state index contributed by atoms with van der Waals surface area (Å²) in [5, 5.41) is 0. The van der Waals surface area contributed by atoms with Crippen LogP contribution in [-0.4, -0.2) is 20.7 Å². The van der Waals surface area contributed by atoms with Crippen LogP contribution in [0.5, 0.6) is 0 Å². The monoisotopic (exact) mass is 310 g/mol. The van der Waals surface area contributed by atoms with Crippen LogP contribution in [0.15, 0.2) is 24.3 Å².